The third-order valence-corrected chi connectivity index (χ3v) is 4.21. The van der Waals surface area contributed by atoms with E-state index < -0.39 is 40.9 Å². The van der Waals surface area contributed by atoms with Gasteiger partial charge in [0.1, 0.15) is 23.2 Å². The molecule has 1 atom stereocenters. The van der Waals surface area contributed by atoms with Gasteiger partial charge in [0.2, 0.25) is 11.8 Å². The highest BCUT2D eigenvalue weighted by atomic mass is 19.1. The van der Waals surface area contributed by atoms with Gasteiger partial charge in [-0.1, -0.05) is 18.2 Å². The van der Waals surface area contributed by atoms with Crippen molar-refractivity contribution in [2.24, 2.45) is 5.92 Å². The molecule has 0 saturated carbocycles. The first-order valence-electron chi connectivity index (χ1n) is 9.78. The van der Waals surface area contributed by atoms with Crippen molar-refractivity contribution >= 4 is 23.5 Å². The fourth-order valence-corrected chi connectivity index (χ4v) is 2.74. The average molecular weight is 432 g/mol. The Morgan fingerprint density at radius 2 is 1.61 bits per heavy atom. The first-order valence-corrected chi connectivity index (χ1v) is 9.78. The lowest BCUT2D eigenvalue weighted by Crippen LogP contribution is -2.36. The minimum Gasteiger partial charge on any atom is -0.460 e. The van der Waals surface area contributed by atoms with E-state index >= 15 is 0 Å². The average Bonchev–Trinajstić information content (AvgIpc) is 2.64. The van der Waals surface area contributed by atoms with Crippen LogP contribution in [0, 0.1) is 17.6 Å². The predicted molar refractivity (Wildman–Crippen MR) is 112 cm³/mol. The fraction of sp³-hybridized carbons (Fsp3) is 0.348. The number of nitrogens with one attached hydrogen (secondary N) is 2. The van der Waals surface area contributed by atoms with E-state index in [-0.39, 0.29) is 18.5 Å². The number of halogens is 2. The summed E-state index contributed by atoms with van der Waals surface area (Å²) in [5, 5.41) is 5.13. The maximum absolute atomic E-state index is 13.3. The lowest BCUT2D eigenvalue weighted by molar-refractivity contribution is -0.154. The zero-order chi connectivity index (χ0) is 23.2. The van der Waals surface area contributed by atoms with Crippen LogP contribution in [0.1, 0.15) is 38.8 Å². The molecule has 0 aliphatic carbocycles. The summed E-state index contributed by atoms with van der Waals surface area (Å²) < 4.78 is 31.8. The number of hydrogen-bond acceptors (Lipinski definition) is 4. The third-order valence-electron chi connectivity index (χ3n) is 4.21. The second-order valence-corrected chi connectivity index (χ2v) is 8.13. The summed E-state index contributed by atoms with van der Waals surface area (Å²) in [6, 6.07) is 9.65. The van der Waals surface area contributed by atoms with E-state index in [1.165, 1.54) is 6.92 Å². The van der Waals surface area contributed by atoms with Crippen molar-refractivity contribution in [3.8, 4) is 0 Å². The van der Waals surface area contributed by atoms with Crippen LogP contribution in [-0.2, 0) is 32.1 Å². The first-order chi connectivity index (χ1) is 14.4. The standard InChI is InChI=1S/C23H26F2N2O4/c1-14(21(29)26-13-15-9-17(24)12-18(25)10-15)22(30)27-19-8-6-5-7-16(19)11-20(28)31-23(2,3)4/h5-10,12,14H,11,13H2,1-4H3,(H,26,29)(H,27,30)/t14-/m0/s1. The van der Waals surface area contributed by atoms with Gasteiger partial charge in [0.15, 0.2) is 0 Å². The monoisotopic (exact) mass is 432 g/mol. The number of rotatable bonds is 7. The van der Waals surface area contributed by atoms with Crippen LogP contribution in [0.4, 0.5) is 14.5 Å². The van der Waals surface area contributed by atoms with E-state index in [2.05, 4.69) is 10.6 Å². The zero-order valence-corrected chi connectivity index (χ0v) is 17.9. The molecule has 0 spiro atoms. The first kappa shape index (κ1) is 24.0. The predicted octanol–water partition coefficient (Wildman–Crippen LogP) is 3.74. The number of para-hydroxylation sites is 1. The molecule has 0 bridgehead atoms. The highest BCUT2D eigenvalue weighted by Crippen LogP contribution is 2.19. The molecule has 6 nitrogen and oxygen atoms in total. The number of carbonyl (C=O) groups is 3. The molecule has 0 radical (unpaired) electrons. The van der Waals surface area contributed by atoms with Crippen molar-refractivity contribution in [2.45, 2.75) is 46.3 Å². The molecule has 0 aromatic heterocycles. The molecule has 2 rings (SSSR count). The van der Waals surface area contributed by atoms with Crippen LogP contribution >= 0.6 is 0 Å². The summed E-state index contributed by atoms with van der Waals surface area (Å²) in [5.74, 6) is -4.21. The number of benzene rings is 2. The highest BCUT2D eigenvalue weighted by Gasteiger charge is 2.23. The normalized spacial score (nSPS) is 12.1. The third kappa shape index (κ3) is 7.81. The van der Waals surface area contributed by atoms with Crippen LogP contribution in [0.15, 0.2) is 42.5 Å². The molecule has 0 fully saturated rings. The number of carbonyl (C=O) groups excluding carboxylic acids is 3. The minimum absolute atomic E-state index is 0.0422. The number of hydrogen-bond donors (Lipinski definition) is 2. The maximum atomic E-state index is 13.3. The van der Waals surface area contributed by atoms with Gasteiger partial charge in [-0.15, -0.1) is 0 Å². The maximum Gasteiger partial charge on any atom is 0.310 e. The molecule has 31 heavy (non-hydrogen) atoms. The van der Waals surface area contributed by atoms with Crippen LogP contribution in [-0.4, -0.2) is 23.4 Å². The van der Waals surface area contributed by atoms with E-state index in [1.54, 1.807) is 45.0 Å². The fourth-order valence-electron chi connectivity index (χ4n) is 2.74. The molecular formula is C23H26F2N2O4. The largest absolute Gasteiger partial charge is 0.460 e. The van der Waals surface area contributed by atoms with Crippen LogP contribution in [0.25, 0.3) is 0 Å². The number of anilines is 1. The molecule has 0 aliphatic rings. The van der Waals surface area contributed by atoms with Gasteiger partial charge in [0, 0.05) is 18.3 Å². The quantitative estimate of drug-likeness (QED) is 0.516. The van der Waals surface area contributed by atoms with Gasteiger partial charge in [0.05, 0.1) is 6.42 Å². The van der Waals surface area contributed by atoms with Crippen LogP contribution < -0.4 is 10.6 Å². The molecule has 2 aromatic rings. The number of esters is 1. The van der Waals surface area contributed by atoms with E-state index in [4.69, 9.17) is 4.74 Å². The molecule has 166 valence electrons. The molecule has 2 N–H and O–H groups in total. The van der Waals surface area contributed by atoms with Gasteiger partial charge >= 0.3 is 5.97 Å². The van der Waals surface area contributed by atoms with Crippen LogP contribution in [0.5, 0.6) is 0 Å². The Labute approximate surface area is 180 Å². The Morgan fingerprint density at radius 1 is 1.00 bits per heavy atom. The summed E-state index contributed by atoms with van der Waals surface area (Å²) >= 11 is 0. The topological polar surface area (TPSA) is 84.5 Å². The summed E-state index contributed by atoms with van der Waals surface area (Å²) in [4.78, 5) is 37.0. The number of amides is 2. The van der Waals surface area contributed by atoms with Crippen molar-refractivity contribution < 1.29 is 27.9 Å². The van der Waals surface area contributed by atoms with Crippen molar-refractivity contribution in [3.05, 3.63) is 65.2 Å². The Bertz CT molecular complexity index is 950. The minimum atomic E-state index is -1.08. The lowest BCUT2D eigenvalue weighted by atomic mass is 10.1. The van der Waals surface area contributed by atoms with Crippen molar-refractivity contribution in [2.75, 3.05) is 5.32 Å². The van der Waals surface area contributed by atoms with Crippen LogP contribution in [0.2, 0.25) is 0 Å². The van der Waals surface area contributed by atoms with E-state index in [1.807, 2.05) is 0 Å². The Hall–Kier alpha value is -3.29. The Morgan fingerprint density at radius 3 is 2.23 bits per heavy atom. The molecular weight excluding hydrogens is 406 g/mol. The summed E-state index contributed by atoms with van der Waals surface area (Å²) in [6.45, 7) is 6.57. The number of ether oxygens (including phenoxy) is 1. The Balaban J connectivity index is 1.99. The van der Waals surface area contributed by atoms with Gasteiger partial charge in [-0.25, -0.2) is 8.78 Å². The van der Waals surface area contributed by atoms with Gasteiger partial charge in [-0.3, -0.25) is 14.4 Å². The second kappa shape index (κ2) is 10.1. The smallest absolute Gasteiger partial charge is 0.310 e. The highest BCUT2D eigenvalue weighted by molar-refractivity contribution is 6.06. The van der Waals surface area contributed by atoms with Gasteiger partial charge in [0.25, 0.3) is 0 Å². The van der Waals surface area contributed by atoms with Gasteiger partial charge < -0.3 is 15.4 Å². The SMILES string of the molecule is C[C@@H](C(=O)NCc1cc(F)cc(F)c1)C(=O)Nc1ccccc1CC(=O)OC(C)(C)C. The van der Waals surface area contributed by atoms with Crippen LogP contribution in [0.3, 0.4) is 0 Å². The Kier molecular flexibility index (Phi) is 7.85. The lowest BCUT2D eigenvalue weighted by Gasteiger charge is -2.20. The molecule has 0 aliphatic heterocycles. The van der Waals surface area contributed by atoms with Crippen molar-refractivity contribution in [1.82, 2.24) is 5.32 Å². The van der Waals surface area contributed by atoms with Crippen molar-refractivity contribution in [3.63, 3.8) is 0 Å². The van der Waals surface area contributed by atoms with Crippen molar-refractivity contribution in [1.29, 1.82) is 0 Å². The molecule has 2 aromatic carbocycles. The molecule has 0 saturated heterocycles. The van der Waals surface area contributed by atoms with E-state index in [0.717, 1.165) is 18.2 Å². The summed E-state index contributed by atoms with van der Waals surface area (Å²) in [5.41, 5.74) is 0.547. The summed E-state index contributed by atoms with van der Waals surface area (Å²) in [6.07, 6.45) is -0.0422. The summed E-state index contributed by atoms with van der Waals surface area (Å²) in [7, 11) is 0. The van der Waals surface area contributed by atoms with Gasteiger partial charge in [-0.05, 0) is 57.0 Å². The molecule has 0 unspecified atom stereocenters. The second-order valence-electron chi connectivity index (χ2n) is 8.13. The van der Waals surface area contributed by atoms with Gasteiger partial charge in [-0.2, -0.15) is 0 Å². The zero-order valence-electron chi connectivity index (χ0n) is 17.9. The molecule has 0 heterocycles. The van der Waals surface area contributed by atoms with E-state index in [0.29, 0.717) is 11.3 Å². The molecule has 2 amide bonds. The molecule has 8 heteroatoms. The van der Waals surface area contributed by atoms with E-state index in [9.17, 15) is 23.2 Å².